The summed E-state index contributed by atoms with van der Waals surface area (Å²) < 4.78 is 1.06. The molecule has 0 bridgehead atoms. The van der Waals surface area contributed by atoms with Gasteiger partial charge in [-0.15, -0.1) is 0 Å². The lowest BCUT2D eigenvalue weighted by Crippen LogP contribution is -2.05. The van der Waals surface area contributed by atoms with E-state index in [-0.39, 0.29) is 6.04 Å². The molecule has 0 fully saturated rings. The molecule has 1 aliphatic rings. The first-order chi connectivity index (χ1) is 9.72. The van der Waals surface area contributed by atoms with Crippen molar-refractivity contribution in [3.63, 3.8) is 0 Å². The number of aryl methyl sites for hydroxylation is 1. The number of anilines is 1. The number of nitrogens with zero attached hydrogens (tertiary/aromatic N) is 1. The third-order valence-electron chi connectivity index (χ3n) is 3.20. The van der Waals surface area contributed by atoms with Gasteiger partial charge in [-0.2, -0.15) is 0 Å². The van der Waals surface area contributed by atoms with Crippen molar-refractivity contribution < 1.29 is 0 Å². The topological polar surface area (TPSA) is 24.4 Å². The predicted octanol–water partition coefficient (Wildman–Crippen LogP) is 5.01. The van der Waals surface area contributed by atoms with E-state index in [4.69, 9.17) is 4.99 Å². The molecule has 0 saturated heterocycles. The maximum Gasteiger partial charge on any atom is 0.161 e. The van der Waals surface area contributed by atoms with E-state index in [2.05, 4.69) is 70.6 Å². The van der Waals surface area contributed by atoms with Gasteiger partial charge in [-0.3, -0.25) is 4.99 Å². The molecule has 2 aromatic rings. The van der Waals surface area contributed by atoms with Gasteiger partial charge in [-0.05, 0) is 46.1 Å². The van der Waals surface area contributed by atoms with Crippen LogP contribution in [0.1, 0.15) is 17.2 Å². The van der Waals surface area contributed by atoms with Gasteiger partial charge in [0.1, 0.15) is 0 Å². The zero-order chi connectivity index (χ0) is 13.9. The average Bonchev–Trinajstić information content (AvgIpc) is 2.92. The summed E-state index contributed by atoms with van der Waals surface area (Å²) in [6, 6.07) is 17.0. The Morgan fingerprint density at radius 1 is 1.20 bits per heavy atom. The molecule has 4 heteroatoms. The molecule has 0 spiro atoms. The van der Waals surface area contributed by atoms with E-state index in [1.54, 1.807) is 11.8 Å². The summed E-state index contributed by atoms with van der Waals surface area (Å²) in [7, 11) is 0. The van der Waals surface area contributed by atoms with E-state index >= 15 is 0 Å². The molecule has 102 valence electrons. The van der Waals surface area contributed by atoms with Crippen LogP contribution < -0.4 is 5.32 Å². The SMILES string of the molecule is Cc1ccc(Br)c(NC2=NC(c3ccccc3)CS2)c1. The Hall–Kier alpha value is -1.26. The number of benzene rings is 2. The van der Waals surface area contributed by atoms with Crippen molar-refractivity contribution in [2.75, 3.05) is 11.1 Å². The zero-order valence-electron chi connectivity index (χ0n) is 11.1. The van der Waals surface area contributed by atoms with E-state index < -0.39 is 0 Å². The number of nitrogens with one attached hydrogen (secondary N) is 1. The number of thioether (sulfide) groups is 1. The van der Waals surface area contributed by atoms with Crippen LogP contribution in [0.3, 0.4) is 0 Å². The van der Waals surface area contributed by atoms with E-state index in [1.165, 1.54) is 11.1 Å². The second-order valence-corrected chi connectivity index (χ2v) is 6.64. The molecule has 2 aromatic carbocycles. The first-order valence-electron chi connectivity index (χ1n) is 6.51. The molecule has 20 heavy (non-hydrogen) atoms. The minimum absolute atomic E-state index is 0.257. The summed E-state index contributed by atoms with van der Waals surface area (Å²) in [6.45, 7) is 2.09. The van der Waals surface area contributed by atoms with Crippen molar-refractivity contribution in [2.24, 2.45) is 4.99 Å². The van der Waals surface area contributed by atoms with Gasteiger partial charge in [0.05, 0.1) is 11.7 Å². The molecule has 0 aromatic heterocycles. The Labute approximate surface area is 131 Å². The number of rotatable bonds is 2. The second-order valence-electron chi connectivity index (χ2n) is 4.78. The number of hydrogen-bond acceptors (Lipinski definition) is 3. The zero-order valence-corrected chi connectivity index (χ0v) is 13.5. The summed E-state index contributed by atoms with van der Waals surface area (Å²) in [6.07, 6.45) is 0. The van der Waals surface area contributed by atoms with Crippen molar-refractivity contribution >= 4 is 38.5 Å². The number of hydrogen-bond donors (Lipinski definition) is 1. The number of halogens is 1. The van der Waals surface area contributed by atoms with Crippen molar-refractivity contribution in [1.82, 2.24) is 0 Å². The second kappa shape index (κ2) is 6.02. The van der Waals surface area contributed by atoms with Gasteiger partial charge >= 0.3 is 0 Å². The number of aliphatic imine (C=N–C) groups is 1. The van der Waals surface area contributed by atoms with E-state index in [1.807, 2.05) is 6.07 Å². The lowest BCUT2D eigenvalue weighted by atomic mass is 10.1. The van der Waals surface area contributed by atoms with Crippen molar-refractivity contribution in [2.45, 2.75) is 13.0 Å². The monoisotopic (exact) mass is 346 g/mol. The van der Waals surface area contributed by atoms with E-state index in [9.17, 15) is 0 Å². The molecule has 0 radical (unpaired) electrons. The van der Waals surface area contributed by atoms with Crippen LogP contribution in [0.15, 0.2) is 58.0 Å². The van der Waals surface area contributed by atoms with Crippen LogP contribution >= 0.6 is 27.7 Å². The lowest BCUT2D eigenvalue weighted by Gasteiger charge is -2.08. The minimum Gasteiger partial charge on any atom is -0.334 e. The molecule has 2 nitrogen and oxygen atoms in total. The highest BCUT2D eigenvalue weighted by Crippen LogP contribution is 2.32. The van der Waals surface area contributed by atoms with Gasteiger partial charge in [0.15, 0.2) is 5.17 Å². The smallest absolute Gasteiger partial charge is 0.161 e. The third kappa shape index (κ3) is 3.07. The van der Waals surface area contributed by atoms with Crippen LogP contribution in [0.2, 0.25) is 0 Å². The predicted molar refractivity (Wildman–Crippen MR) is 91.6 cm³/mol. The normalized spacial score (nSPS) is 17.9. The summed E-state index contributed by atoms with van der Waals surface area (Å²) >= 11 is 5.34. The standard InChI is InChI=1S/C16H15BrN2S/c1-11-7-8-13(17)14(9-11)18-16-19-15(10-20-16)12-5-3-2-4-6-12/h2-9,15H,10H2,1H3,(H,18,19). The largest absolute Gasteiger partial charge is 0.334 e. The van der Waals surface area contributed by atoms with E-state index in [0.29, 0.717) is 0 Å². The molecular weight excluding hydrogens is 332 g/mol. The molecule has 0 amide bonds. The van der Waals surface area contributed by atoms with Crippen LogP contribution in [0.25, 0.3) is 0 Å². The average molecular weight is 347 g/mol. The fraction of sp³-hybridized carbons (Fsp3) is 0.188. The molecular formula is C16H15BrN2S. The molecule has 1 atom stereocenters. The molecule has 1 N–H and O–H groups in total. The molecule has 1 heterocycles. The molecule has 1 aliphatic heterocycles. The van der Waals surface area contributed by atoms with E-state index in [0.717, 1.165) is 21.1 Å². The molecule has 0 aliphatic carbocycles. The minimum atomic E-state index is 0.257. The van der Waals surface area contributed by atoms with Crippen molar-refractivity contribution in [3.8, 4) is 0 Å². The quantitative estimate of drug-likeness (QED) is 0.825. The molecule has 3 rings (SSSR count). The van der Waals surface area contributed by atoms with Crippen molar-refractivity contribution in [3.05, 3.63) is 64.1 Å². The fourth-order valence-electron chi connectivity index (χ4n) is 2.14. The summed E-state index contributed by atoms with van der Waals surface area (Å²) in [5.41, 5.74) is 3.59. The Kier molecular flexibility index (Phi) is 4.13. The van der Waals surface area contributed by atoms with Gasteiger partial charge in [-0.25, -0.2) is 0 Å². The first-order valence-corrected chi connectivity index (χ1v) is 8.29. The molecule has 0 saturated carbocycles. The van der Waals surface area contributed by atoms with Crippen molar-refractivity contribution in [1.29, 1.82) is 0 Å². The first kappa shape index (κ1) is 13.7. The Balaban J connectivity index is 1.77. The highest BCUT2D eigenvalue weighted by Gasteiger charge is 2.20. The van der Waals surface area contributed by atoms with Crippen LogP contribution in [-0.2, 0) is 0 Å². The summed E-state index contributed by atoms with van der Waals surface area (Å²) in [4.78, 5) is 4.77. The number of amidine groups is 1. The maximum absolute atomic E-state index is 4.77. The maximum atomic E-state index is 4.77. The highest BCUT2D eigenvalue weighted by atomic mass is 79.9. The van der Waals surface area contributed by atoms with Crippen LogP contribution in [0.4, 0.5) is 5.69 Å². The van der Waals surface area contributed by atoms with Crippen LogP contribution in [-0.4, -0.2) is 10.9 Å². The van der Waals surface area contributed by atoms with Crippen LogP contribution in [0, 0.1) is 6.92 Å². The highest BCUT2D eigenvalue weighted by molar-refractivity contribution is 9.10. The van der Waals surface area contributed by atoms with Gasteiger partial charge in [0.2, 0.25) is 0 Å². The summed E-state index contributed by atoms with van der Waals surface area (Å²) in [5, 5.41) is 4.41. The molecule has 1 unspecified atom stereocenters. The Morgan fingerprint density at radius 3 is 2.80 bits per heavy atom. The third-order valence-corrected chi connectivity index (χ3v) is 4.85. The lowest BCUT2D eigenvalue weighted by molar-refractivity contribution is 0.849. The Bertz CT molecular complexity index is 640. The fourth-order valence-corrected chi connectivity index (χ4v) is 3.45. The van der Waals surface area contributed by atoms with Gasteiger partial charge in [0, 0.05) is 10.2 Å². The van der Waals surface area contributed by atoms with Gasteiger partial charge < -0.3 is 5.32 Å². The van der Waals surface area contributed by atoms with Gasteiger partial charge in [0.25, 0.3) is 0 Å². The summed E-state index contributed by atoms with van der Waals surface area (Å²) in [5.74, 6) is 0.996. The Morgan fingerprint density at radius 2 is 2.00 bits per heavy atom. The van der Waals surface area contributed by atoms with Crippen LogP contribution in [0.5, 0.6) is 0 Å². The van der Waals surface area contributed by atoms with Gasteiger partial charge in [-0.1, -0.05) is 48.2 Å².